The van der Waals surface area contributed by atoms with Gasteiger partial charge in [-0.3, -0.25) is 4.79 Å². The summed E-state index contributed by atoms with van der Waals surface area (Å²) < 4.78 is 18.0. The fourth-order valence-corrected chi connectivity index (χ4v) is 2.53. The molecule has 2 aromatic rings. The predicted octanol–water partition coefficient (Wildman–Crippen LogP) is 3.71. The molecule has 0 atom stereocenters. The van der Waals surface area contributed by atoms with Crippen LogP contribution in [-0.2, 0) is 22.5 Å². The number of nitrogens with zero attached hydrogens (tertiary/aromatic N) is 1. The number of ether oxygens (including phenoxy) is 1. The van der Waals surface area contributed by atoms with Gasteiger partial charge in [0.05, 0.1) is 13.0 Å². The van der Waals surface area contributed by atoms with E-state index in [0.29, 0.717) is 25.4 Å². The van der Waals surface area contributed by atoms with E-state index in [1.807, 2.05) is 18.2 Å². The molecule has 0 unspecified atom stereocenters. The molecule has 0 aliphatic carbocycles. The second-order valence-corrected chi connectivity index (χ2v) is 5.66. The van der Waals surface area contributed by atoms with Crippen LogP contribution >= 0.6 is 0 Å². The summed E-state index contributed by atoms with van der Waals surface area (Å²) in [6.07, 6.45) is 1.95. The molecule has 5 heteroatoms. The van der Waals surface area contributed by atoms with Gasteiger partial charge in [0, 0.05) is 24.5 Å². The lowest BCUT2D eigenvalue weighted by atomic mass is 10.1. The van der Waals surface area contributed by atoms with E-state index < -0.39 is 0 Å². The van der Waals surface area contributed by atoms with E-state index in [0.717, 1.165) is 16.8 Å². The Bertz CT molecular complexity index is 729. The van der Waals surface area contributed by atoms with Gasteiger partial charge in [0.25, 0.3) is 0 Å². The number of hydrogen-bond donors (Lipinski definition) is 1. The third-order valence-electron chi connectivity index (χ3n) is 3.77. The molecule has 0 spiro atoms. The minimum absolute atomic E-state index is 0.152. The van der Waals surface area contributed by atoms with Gasteiger partial charge in [0.2, 0.25) is 0 Å². The summed E-state index contributed by atoms with van der Waals surface area (Å²) in [5, 5.41) is 0. The van der Waals surface area contributed by atoms with Crippen molar-refractivity contribution in [3.63, 3.8) is 0 Å². The van der Waals surface area contributed by atoms with Crippen molar-refractivity contribution in [2.75, 3.05) is 23.8 Å². The van der Waals surface area contributed by atoms with Crippen molar-refractivity contribution in [1.29, 1.82) is 0 Å². The first kappa shape index (κ1) is 18.5. The normalized spacial score (nSPS) is 10.3. The van der Waals surface area contributed by atoms with E-state index >= 15 is 0 Å². The SMILES string of the molecule is C=CCN(Cc1ccc(F)cc1)c1ccc(CC(=O)OCC)c(N)c1. The molecule has 0 aliphatic rings. The number of hydrogen-bond acceptors (Lipinski definition) is 4. The van der Waals surface area contributed by atoms with Crippen LogP contribution in [0.1, 0.15) is 18.1 Å². The highest BCUT2D eigenvalue weighted by molar-refractivity contribution is 5.76. The summed E-state index contributed by atoms with van der Waals surface area (Å²) in [6, 6.07) is 12.0. The lowest BCUT2D eigenvalue weighted by molar-refractivity contribution is -0.142. The highest BCUT2D eigenvalue weighted by atomic mass is 19.1. The summed E-state index contributed by atoms with van der Waals surface area (Å²) in [5.74, 6) is -0.553. The fraction of sp³-hybridized carbons (Fsp3) is 0.250. The van der Waals surface area contributed by atoms with Crippen molar-refractivity contribution in [3.05, 3.63) is 72.1 Å². The van der Waals surface area contributed by atoms with Crippen molar-refractivity contribution < 1.29 is 13.9 Å². The van der Waals surface area contributed by atoms with Crippen LogP contribution in [0.15, 0.2) is 55.1 Å². The second kappa shape index (κ2) is 8.87. The van der Waals surface area contributed by atoms with Gasteiger partial charge in [-0.05, 0) is 42.3 Å². The first-order valence-corrected chi connectivity index (χ1v) is 8.17. The van der Waals surface area contributed by atoms with Crippen LogP contribution in [0, 0.1) is 5.82 Å². The minimum Gasteiger partial charge on any atom is -0.466 e. The quantitative estimate of drug-likeness (QED) is 0.451. The summed E-state index contributed by atoms with van der Waals surface area (Å²) in [4.78, 5) is 13.7. The number of rotatable bonds is 8. The average molecular weight is 342 g/mol. The van der Waals surface area contributed by atoms with Gasteiger partial charge in [-0.2, -0.15) is 0 Å². The van der Waals surface area contributed by atoms with Gasteiger partial charge in [0.15, 0.2) is 0 Å². The summed E-state index contributed by atoms with van der Waals surface area (Å²) in [6.45, 7) is 7.13. The van der Waals surface area contributed by atoms with E-state index in [-0.39, 0.29) is 18.2 Å². The largest absolute Gasteiger partial charge is 0.466 e. The number of carbonyl (C=O) groups is 1. The number of esters is 1. The van der Waals surface area contributed by atoms with Crippen LogP contribution in [0.25, 0.3) is 0 Å². The Balaban J connectivity index is 2.17. The maximum Gasteiger partial charge on any atom is 0.310 e. The predicted molar refractivity (Wildman–Crippen MR) is 98.8 cm³/mol. The van der Waals surface area contributed by atoms with Crippen LogP contribution < -0.4 is 10.6 Å². The molecule has 0 saturated heterocycles. The zero-order valence-electron chi connectivity index (χ0n) is 14.4. The zero-order chi connectivity index (χ0) is 18.2. The van der Waals surface area contributed by atoms with Crippen LogP contribution in [0.4, 0.5) is 15.8 Å². The van der Waals surface area contributed by atoms with Gasteiger partial charge < -0.3 is 15.4 Å². The smallest absolute Gasteiger partial charge is 0.310 e. The monoisotopic (exact) mass is 342 g/mol. The third kappa shape index (κ3) is 5.35. The Morgan fingerprint density at radius 2 is 2.00 bits per heavy atom. The first-order valence-electron chi connectivity index (χ1n) is 8.17. The zero-order valence-corrected chi connectivity index (χ0v) is 14.4. The van der Waals surface area contributed by atoms with Crippen LogP contribution in [0.5, 0.6) is 0 Å². The van der Waals surface area contributed by atoms with E-state index in [1.165, 1.54) is 12.1 Å². The molecule has 2 N–H and O–H groups in total. The van der Waals surface area contributed by atoms with Gasteiger partial charge >= 0.3 is 5.97 Å². The van der Waals surface area contributed by atoms with Crippen molar-refractivity contribution in [2.45, 2.75) is 19.9 Å². The minimum atomic E-state index is -0.295. The first-order chi connectivity index (χ1) is 12.0. The Hall–Kier alpha value is -2.82. The maximum absolute atomic E-state index is 13.1. The van der Waals surface area contributed by atoms with Gasteiger partial charge in [-0.25, -0.2) is 4.39 Å². The van der Waals surface area contributed by atoms with E-state index in [4.69, 9.17) is 10.5 Å². The molecule has 25 heavy (non-hydrogen) atoms. The van der Waals surface area contributed by atoms with Crippen molar-refractivity contribution in [1.82, 2.24) is 0 Å². The number of nitrogens with two attached hydrogens (primary N) is 1. The van der Waals surface area contributed by atoms with Crippen LogP contribution in [0.2, 0.25) is 0 Å². The third-order valence-corrected chi connectivity index (χ3v) is 3.77. The molecule has 0 aromatic heterocycles. The van der Waals surface area contributed by atoms with Gasteiger partial charge in [0.1, 0.15) is 5.82 Å². The molecule has 2 rings (SSSR count). The Morgan fingerprint density at radius 1 is 1.28 bits per heavy atom. The second-order valence-electron chi connectivity index (χ2n) is 5.66. The summed E-state index contributed by atoms with van der Waals surface area (Å²) in [5.41, 5.74) is 9.28. The lowest BCUT2D eigenvalue weighted by Crippen LogP contribution is -2.23. The van der Waals surface area contributed by atoms with E-state index in [1.54, 1.807) is 25.1 Å². The van der Waals surface area contributed by atoms with Crippen LogP contribution in [-0.4, -0.2) is 19.1 Å². The van der Waals surface area contributed by atoms with Crippen molar-refractivity contribution >= 4 is 17.3 Å². The molecule has 0 bridgehead atoms. The molecule has 0 heterocycles. The molecule has 0 radical (unpaired) electrons. The topological polar surface area (TPSA) is 55.6 Å². The standard InChI is InChI=1S/C20H23FN2O2/c1-3-11-23(14-15-5-8-17(21)9-6-15)18-10-7-16(19(22)13-18)12-20(24)25-4-2/h3,5-10,13H,1,4,11-12,14,22H2,2H3. The average Bonchev–Trinajstić information content (AvgIpc) is 2.58. The molecule has 132 valence electrons. The molecule has 0 amide bonds. The molecular formula is C20H23FN2O2. The number of anilines is 2. The Kier molecular flexibility index (Phi) is 6.57. The summed E-state index contributed by atoms with van der Waals surface area (Å²) in [7, 11) is 0. The van der Waals surface area contributed by atoms with Gasteiger partial charge in [-0.1, -0.05) is 24.3 Å². The highest BCUT2D eigenvalue weighted by Crippen LogP contribution is 2.24. The number of halogens is 1. The maximum atomic E-state index is 13.1. The number of nitrogen functional groups attached to an aromatic ring is 1. The molecule has 4 nitrogen and oxygen atoms in total. The molecule has 0 saturated carbocycles. The van der Waals surface area contributed by atoms with E-state index in [2.05, 4.69) is 11.5 Å². The number of benzene rings is 2. The molecule has 0 aliphatic heterocycles. The molecular weight excluding hydrogens is 319 g/mol. The Morgan fingerprint density at radius 3 is 2.60 bits per heavy atom. The van der Waals surface area contributed by atoms with E-state index in [9.17, 15) is 9.18 Å². The number of carbonyl (C=O) groups excluding carboxylic acids is 1. The fourth-order valence-electron chi connectivity index (χ4n) is 2.53. The van der Waals surface area contributed by atoms with Crippen LogP contribution in [0.3, 0.4) is 0 Å². The highest BCUT2D eigenvalue weighted by Gasteiger charge is 2.11. The van der Waals surface area contributed by atoms with Crippen molar-refractivity contribution in [2.24, 2.45) is 0 Å². The lowest BCUT2D eigenvalue weighted by Gasteiger charge is -2.24. The van der Waals surface area contributed by atoms with Gasteiger partial charge in [-0.15, -0.1) is 6.58 Å². The molecule has 2 aromatic carbocycles. The van der Waals surface area contributed by atoms with Crippen molar-refractivity contribution in [3.8, 4) is 0 Å². The summed E-state index contributed by atoms with van der Waals surface area (Å²) >= 11 is 0. The Labute approximate surface area is 147 Å². The molecule has 0 fully saturated rings.